The first-order valence-corrected chi connectivity index (χ1v) is 5.83. The smallest absolute Gasteiger partial charge is 0.180 e. The molecule has 1 fully saturated rings. The third kappa shape index (κ3) is 2.80. The molecule has 0 bridgehead atoms. The van der Waals surface area contributed by atoms with Gasteiger partial charge in [-0.25, -0.2) is 4.98 Å². The Hall–Kier alpha value is -0.900. The van der Waals surface area contributed by atoms with E-state index in [-0.39, 0.29) is 0 Å². The molecule has 1 heterocycles. The van der Waals surface area contributed by atoms with Crippen molar-refractivity contribution in [2.24, 2.45) is 5.92 Å². The molecule has 4 heteroatoms. The first-order chi connectivity index (χ1) is 6.74. The minimum Gasteiger partial charge on any atom is -0.375 e. The van der Waals surface area contributed by atoms with Crippen LogP contribution in [0.4, 0.5) is 5.13 Å². The van der Waals surface area contributed by atoms with Crippen LogP contribution in [0.25, 0.3) is 0 Å². The lowest BCUT2D eigenvalue weighted by atomic mass is 10.1. The summed E-state index contributed by atoms with van der Waals surface area (Å²) < 4.78 is 0. The third-order valence-corrected chi connectivity index (χ3v) is 3.20. The number of Topliss-reactive ketones (excluding diaryl/α,β-unsaturated/α-hetero) is 1. The van der Waals surface area contributed by atoms with Crippen molar-refractivity contribution in [3.63, 3.8) is 0 Å². The molecule has 2 rings (SSSR count). The van der Waals surface area contributed by atoms with E-state index in [0.717, 1.165) is 18.0 Å². The Bertz CT molecular complexity index is 331. The number of nitrogen functional groups attached to an aromatic ring is 1. The van der Waals surface area contributed by atoms with Gasteiger partial charge >= 0.3 is 0 Å². The maximum absolute atomic E-state index is 11.5. The average molecular weight is 210 g/mol. The topological polar surface area (TPSA) is 56.0 Å². The van der Waals surface area contributed by atoms with Gasteiger partial charge in [-0.15, -0.1) is 11.3 Å². The predicted molar refractivity (Wildman–Crippen MR) is 57.2 cm³/mol. The van der Waals surface area contributed by atoms with E-state index in [1.165, 1.54) is 24.2 Å². The zero-order valence-electron chi connectivity index (χ0n) is 8.03. The molecule has 0 atom stereocenters. The van der Waals surface area contributed by atoms with Crippen molar-refractivity contribution < 1.29 is 4.79 Å². The van der Waals surface area contributed by atoms with Gasteiger partial charge < -0.3 is 5.73 Å². The average Bonchev–Trinajstić information content (AvgIpc) is 2.88. The van der Waals surface area contributed by atoms with Crippen LogP contribution in [0.5, 0.6) is 0 Å². The molecule has 1 aliphatic rings. The van der Waals surface area contributed by atoms with Crippen LogP contribution in [0.15, 0.2) is 5.38 Å². The monoisotopic (exact) mass is 210 g/mol. The second kappa shape index (κ2) is 4.09. The summed E-state index contributed by atoms with van der Waals surface area (Å²) in [5.41, 5.74) is 6.31. The Morgan fingerprint density at radius 2 is 2.43 bits per heavy atom. The number of carbonyl (C=O) groups is 1. The third-order valence-electron chi connectivity index (χ3n) is 2.48. The van der Waals surface area contributed by atoms with Gasteiger partial charge in [0.2, 0.25) is 0 Å². The summed E-state index contributed by atoms with van der Waals surface area (Å²) in [6, 6.07) is 0. The van der Waals surface area contributed by atoms with Crippen LogP contribution >= 0.6 is 11.3 Å². The molecular formula is C10H14N2OS. The van der Waals surface area contributed by atoms with Crippen LogP contribution in [0.1, 0.15) is 31.4 Å². The van der Waals surface area contributed by atoms with E-state index in [2.05, 4.69) is 4.98 Å². The fourth-order valence-electron chi connectivity index (χ4n) is 1.47. The van der Waals surface area contributed by atoms with Crippen molar-refractivity contribution in [1.29, 1.82) is 0 Å². The van der Waals surface area contributed by atoms with E-state index in [1.807, 2.05) is 5.38 Å². The molecule has 3 nitrogen and oxygen atoms in total. The first-order valence-electron chi connectivity index (χ1n) is 4.95. The van der Waals surface area contributed by atoms with Gasteiger partial charge in [-0.2, -0.15) is 0 Å². The minimum atomic E-state index is 0.294. The highest BCUT2D eigenvalue weighted by molar-refractivity contribution is 7.13. The van der Waals surface area contributed by atoms with Gasteiger partial charge in [0.25, 0.3) is 0 Å². The van der Waals surface area contributed by atoms with E-state index < -0.39 is 0 Å². The summed E-state index contributed by atoms with van der Waals surface area (Å²) in [4.78, 5) is 15.5. The number of rotatable bonds is 5. The van der Waals surface area contributed by atoms with E-state index >= 15 is 0 Å². The SMILES string of the molecule is Nc1nc(CC(=O)CCC2CC2)cs1. The molecule has 14 heavy (non-hydrogen) atoms. The largest absolute Gasteiger partial charge is 0.375 e. The molecule has 1 aromatic heterocycles. The van der Waals surface area contributed by atoms with Crippen LogP contribution < -0.4 is 5.73 Å². The molecule has 0 aliphatic heterocycles. The maximum atomic E-state index is 11.5. The van der Waals surface area contributed by atoms with E-state index in [0.29, 0.717) is 23.8 Å². The number of anilines is 1. The van der Waals surface area contributed by atoms with Gasteiger partial charge in [0, 0.05) is 18.2 Å². The fraction of sp³-hybridized carbons (Fsp3) is 0.600. The molecule has 1 aliphatic carbocycles. The van der Waals surface area contributed by atoms with Crippen molar-refractivity contribution in [2.75, 3.05) is 5.73 Å². The molecule has 0 saturated heterocycles. The normalized spacial score (nSPS) is 15.7. The van der Waals surface area contributed by atoms with Crippen LogP contribution in [0, 0.1) is 5.92 Å². The highest BCUT2D eigenvalue weighted by atomic mass is 32.1. The lowest BCUT2D eigenvalue weighted by Gasteiger charge is -1.96. The highest BCUT2D eigenvalue weighted by Gasteiger charge is 2.21. The number of carbonyl (C=O) groups excluding carboxylic acids is 1. The van der Waals surface area contributed by atoms with Crippen LogP contribution in [0.3, 0.4) is 0 Å². The minimum absolute atomic E-state index is 0.294. The van der Waals surface area contributed by atoms with Crippen molar-refractivity contribution in [2.45, 2.75) is 32.1 Å². The quantitative estimate of drug-likeness (QED) is 0.809. The Labute approximate surface area is 87.3 Å². The zero-order valence-corrected chi connectivity index (χ0v) is 8.85. The number of thiazole rings is 1. The van der Waals surface area contributed by atoms with Crippen LogP contribution in [-0.2, 0) is 11.2 Å². The summed E-state index contributed by atoms with van der Waals surface area (Å²) in [6.07, 6.45) is 4.87. The molecular weight excluding hydrogens is 196 g/mol. The van der Waals surface area contributed by atoms with E-state index in [9.17, 15) is 4.79 Å². The zero-order chi connectivity index (χ0) is 9.97. The lowest BCUT2D eigenvalue weighted by Crippen LogP contribution is -2.03. The van der Waals surface area contributed by atoms with Gasteiger partial charge in [0.15, 0.2) is 5.13 Å². The second-order valence-corrected chi connectivity index (χ2v) is 4.76. The van der Waals surface area contributed by atoms with Gasteiger partial charge in [-0.1, -0.05) is 12.8 Å². The number of nitrogens with zero attached hydrogens (tertiary/aromatic N) is 1. The maximum Gasteiger partial charge on any atom is 0.180 e. The Kier molecular flexibility index (Phi) is 2.82. The van der Waals surface area contributed by atoms with Crippen molar-refractivity contribution >= 4 is 22.3 Å². The van der Waals surface area contributed by atoms with E-state index in [4.69, 9.17) is 5.73 Å². The van der Waals surface area contributed by atoms with Crippen molar-refractivity contribution in [1.82, 2.24) is 4.98 Å². The van der Waals surface area contributed by atoms with Gasteiger partial charge in [-0.3, -0.25) is 4.79 Å². The molecule has 1 aromatic rings. The second-order valence-electron chi connectivity index (χ2n) is 3.87. The molecule has 0 radical (unpaired) electrons. The molecule has 2 N–H and O–H groups in total. The molecule has 0 unspecified atom stereocenters. The number of hydrogen-bond acceptors (Lipinski definition) is 4. The number of nitrogens with two attached hydrogens (primary N) is 1. The summed E-state index contributed by atoms with van der Waals surface area (Å²) in [6.45, 7) is 0. The summed E-state index contributed by atoms with van der Waals surface area (Å²) in [5, 5.41) is 2.42. The molecule has 0 spiro atoms. The Morgan fingerprint density at radius 1 is 1.64 bits per heavy atom. The van der Waals surface area contributed by atoms with Gasteiger partial charge in [-0.05, 0) is 12.3 Å². The number of aromatic nitrogens is 1. The van der Waals surface area contributed by atoms with Crippen molar-refractivity contribution in [3.05, 3.63) is 11.1 Å². The van der Waals surface area contributed by atoms with Gasteiger partial charge in [0.05, 0.1) is 5.69 Å². The Morgan fingerprint density at radius 3 is 3.00 bits per heavy atom. The van der Waals surface area contributed by atoms with Crippen LogP contribution in [-0.4, -0.2) is 10.8 Å². The fourth-order valence-corrected chi connectivity index (χ4v) is 2.03. The highest BCUT2D eigenvalue weighted by Crippen LogP contribution is 2.33. The molecule has 0 aromatic carbocycles. The number of hydrogen-bond donors (Lipinski definition) is 1. The standard InChI is InChI=1S/C10H14N2OS/c11-10-12-8(6-14-10)5-9(13)4-3-7-1-2-7/h6-7H,1-5H2,(H2,11,12). The van der Waals surface area contributed by atoms with Crippen LogP contribution in [0.2, 0.25) is 0 Å². The number of ketones is 1. The Balaban J connectivity index is 1.75. The molecule has 1 saturated carbocycles. The predicted octanol–water partition coefficient (Wildman–Crippen LogP) is 2.03. The van der Waals surface area contributed by atoms with E-state index in [1.54, 1.807) is 0 Å². The molecule has 0 amide bonds. The summed E-state index contributed by atoms with van der Waals surface area (Å²) in [5.74, 6) is 1.13. The first kappa shape index (κ1) is 9.65. The molecule has 76 valence electrons. The summed E-state index contributed by atoms with van der Waals surface area (Å²) >= 11 is 1.40. The lowest BCUT2D eigenvalue weighted by molar-refractivity contribution is -0.118. The van der Waals surface area contributed by atoms with Crippen molar-refractivity contribution in [3.8, 4) is 0 Å². The summed E-state index contributed by atoms with van der Waals surface area (Å²) in [7, 11) is 0. The van der Waals surface area contributed by atoms with Gasteiger partial charge in [0.1, 0.15) is 5.78 Å².